The molecular formula is C20H23N3O2. The highest BCUT2D eigenvalue weighted by molar-refractivity contribution is 5.95. The van der Waals surface area contributed by atoms with Gasteiger partial charge in [-0.15, -0.1) is 0 Å². The van der Waals surface area contributed by atoms with E-state index in [9.17, 15) is 4.79 Å². The van der Waals surface area contributed by atoms with Gasteiger partial charge in [-0.3, -0.25) is 4.79 Å². The van der Waals surface area contributed by atoms with Crippen LogP contribution < -0.4 is 15.1 Å². The highest BCUT2D eigenvalue weighted by Gasteiger charge is 2.12. The molecule has 5 heteroatoms. The average molecular weight is 337 g/mol. The summed E-state index contributed by atoms with van der Waals surface area (Å²) in [5, 5.41) is 4.04. The van der Waals surface area contributed by atoms with Gasteiger partial charge in [0.05, 0.1) is 13.3 Å². The molecule has 2 aromatic carbocycles. The van der Waals surface area contributed by atoms with E-state index < -0.39 is 0 Å². The van der Waals surface area contributed by atoms with Crippen molar-refractivity contribution < 1.29 is 9.53 Å². The van der Waals surface area contributed by atoms with Gasteiger partial charge in [0.25, 0.3) is 5.91 Å². The number of methoxy groups -OCH3 is 1. The lowest BCUT2D eigenvalue weighted by Crippen LogP contribution is -2.19. The number of carbonyl (C=O) groups is 1. The van der Waals surface area contributed by atoms with Crippen LogP contribution in [0.1, 0.15) is 34.3 Å². The standard InChI is InChI=1S/C20H23N3O2/c1-15-13-16(5-10-19(15)25-2)14-21-22-20(24)17-6-8-18(9-7-17)23-11-3-4-12-23/h5-10,13-14H,3-4,11-12H2,1-2H3,(H,22,24)/b21-14-. The summed E-state index contributed by atoms with van der Waals surface area (Å²) in [4.78, 5) is 14.5. The maximum Gasteiger partial charge on any atom is 0.271 e. The number of carbonyl (C=O) groups excluding carboxylic acids is 1. The third-order valence-electron chi connectivity index (χ3n) is 4.40. The number of amides is 1. The van der Waals surface area contributed by atoms with Crippen LogP contribution in [0, 0.1) is 6.92 Å². The average Bonchev–Trinajstić information content (AvgIpc) is 3.16. The van der Waals surface area contributed by atoms with E-state index in [2.05, 4.69) is 15.4 Å². The topological polar surface area (TPSA) is 53.9 Å². The van der Waals surface area contributed by atoms with Crippen molar-refractivity contribution in [3.63, 3.8) is 0 Å². The second-order valence-electron chi connectivity index (χ2n) is 6.17. The molecule has 0 aliphatic carbocycles. The molecule has 0 aromatic heterocycles. The van der Waals surface area contributed by atoms with Gasteiger partial charge in [-0.2, -0.15) is 5.10 Å². The van der Waals surface area contributed by atoms with Crippen LogP contribution in [0.3, 0.4) is 0 Å². The summed E-state index contributed by atoms with van der Waals surface area (Å²) >= 11 is 0. The van der Waals surface area contributed by atoms with E-state index in [1.807, 2.05) is 49.4 Å². The highest BCUT2D eigenvalue weighted by Crippen LogP contribution is 2.20. The number of benzene rings is 2. The Labute approximate surface area is 148 Å². The minimum absolute atomic E-state index is 0.213. The second-order valence-corrected chi connectivity index (χ2v) is 6.17. The summed E-state index contributed by atoms with van der Waals surface area (Å²) in [5.41, 5.74) is 6.27. The summed E-state index contributed by atoms with van der Waals surface area (Å²) in [6.45, 7) is 4.16. The van der Waals surface area contributed by atoms with E-state index in [-0.39, 0.29) is 5.91 Å². The van der Waals surface area contributed by atoms with Gasteiger partial charge >= 0.3 is 0 Å². The Kier molecular flexibility index (Phi) is 5.33. The van der Waals surface area contributed by atoms with Gasteiger partial charge in [-0.1, -0.05) is 0 Å². The molecule has 25 heavy (non-hydrogen) atoms. The predicted octanol–water partition coefficient (Wildman–Crippen LogP) is 3.37. The number of rotatable bonds is 5. The van der Waals surface area contributed by atoms with E-state index in [1.165, 1.54) is 18.5 Å². The van der Waals surface area contributed by atoms with Gasteiger partial charge in [0.1, 0.15) is 5.75 Å². The van der Waals surface area contributed by atoms with Gasteiger partial charge in [-0.25, -0.2) is 5.43 Å². The number of hydrazone groups is 1. The van der Waals surface area contributed by atoms with E-state index in [0.29, 0.717) is 5.56 Å². The zero-order chi connectivity index (χ0) is 17.6. The van der Waals surface area contributed by atoms with E-state index in [4.69, 9.17) is 4.74 Å². The first-order chi connectivity index (χ1) is 12.2. The zero-order valence-electron chi connectivity index (χ0n) is 14.7. The Morgan fingerprint density at radius 3 is 2.52 bits per heavy atom. The minimum atomic E-state index is -0.213. The number of hydrogen-bond acceptors (Lipinski definition) is 4. The molecule has 0 radical (unpaired) electrons. The second kappa shape index (κ2) is 7.83. The fourth-order valence-corrected chi connectivity index (χ4v) is 3.01. The molecule has 1 N–H and O–H groups in total. The largest absolute Gasteiger partial charge is 0.496 e. The van der Waals surface area contributed by atoms with Gasteiger partial charge in [0.2, 0.25) is 0 Å². The van der Waals surface area contributed by atoms with Crippen molar-refractivity contribution in [2.45, 2.75) is 19.8 Å². The molecular weight excluding hydrogens is 314 g/mol. The summed E-state index contributed by atoms with van der Waals surface area (Å²) in [6.07, 6.45) is 4.10. The zero-order valence-corrected chi connectivity index (χ0v) is 14.7. The third-order valence-corrected chi connectivity index (χ3v) is 4.40. The van der Waals surface area contributed by atoms with Crippen LogP contribution in [-0.2, 0) is 0 Å². The molecule has 130 valence electrons. The highest BCUT2D eigenvalue weighted by atomic mass is 16.5. The molecule has 1 fully saturated rings. The van der Waals surface area contributed by atoms with Gasteiger partial charge in [-0.05, 0) is 73.4 Å². The molecule has 3 rings (SSSR count). The molecule has 0 bridgehead atoms. The third kappa shape index (κ3) is 4.18. The molecule has 1 aliphatic rings. The maximum absolute atomic E-state index is 12.2. The van der Waals surface area contributed by atoms with Crippen molar-refractivity contribution in [3.05, 3.63) is 59.2 Å². The molecule has 0 unspecified atom stereocenters. The molecule has 0 spiro atoms. The Morgan fingerprint density at radius 2 is 1.88 bits per heavy atom. The molecule has 1 heterocycles. The number of nitrogens with zero attached hydrogens (tertiary/aromatic N) is 2. The fraction of sp³-hybridized carbons (Fsp3) is 0.300. The van der Waals surface area contributed by atoms with Crippen LogP contribution in [0.5, 0.6) is 5.75 Å². The summed E-state index contributed by atoms with van der Waals surface area (Å²) < 4.78 is 5.23. The molecule has 1 saturated heterocycles. The van der Waals surface area contributed by atoms with Crippen LogP contribution in [-0.4, -0.2) is 32.3 Å². The minimum Gasteiger partial charge on any atom is -0.496 e. The molecule has 2 aromatic rings. The van der Waals surface area contributed by atoms with Gasteiger partial charge in [0.15, 0.2) is 0 Å². The maximum atomic E-state index is 12.2. The molecule has 0 atom stereocenters. The lowest BCUT2D eigenvalue weighted by atomic mass is 10.1. The quantitative estimate of drug-likeness (QED) is 0.672. The van der Waals surface area contributed by atoms with Crippen molar-refractivity contribution in [2.75, 3.05) is 25.1 Å². The monoisotopic (exact) mass is 337 g/mol. The summed E-state index contributed by atoms with van der Waals surface area (Å²) in [7, 11) is 1.64. The van der Waals surface area contributed by atoms with Crippen molar-refractivity contribution in [3.8, 4) is 5.75 Å². The van der Waals surface area contributed by atoms with Crippen LogP contribution in [0.2, 0.25) is 0 Å². The Bertz CT molecular complexity index is 763. The van der Waals surface area contributed by atoms with Gasteiger partial charge < -0.3 is 9.64 Å². The molecule has 5 nitrogen and oxygen atoms in total. The van der Waals surface area contributed by atoms with Crippen LogP contribution in [0.15, 0.2) is 47.6 Å². The fourth-order valence-electron chi connectivity index (χ4n) is 3.01. The van der Waals surface area contributed by atoms with Crippen molar-refractivity contribution >= 4 is 17.8 Å². The van der Waals surface area contributed by atoms with Crippen LogP contribution >= 0.6 is 0 Å². The predicted molar refractivity (Wildman–Crippen MR) is 101 cm³/mol. The van der Waals surface area contributed by atoms with Crippen LogP contribution in [0.4, 0.5) is 5.69 Å². The van der Waals surface area contributed by atoms with E-state index >= 15 is 0 Å². The normalized spacial score (nSPS) is 14.1. The smallest absolute Gasteiger partial charge is 0.271 e. The van der Waals surface area contributed by atoms with Gasteiger partial charge in [0, 0.05) is 24.3 Å². The number of anilines is 1. The lowest BCUT2D eigenvalue weighted by molar-refractivity contribution is 0.0955. The molecule has 0 saturated carbocycles. The first-order valence-electron chi connectivity index (χ1n) is 8.50. The van der Waals surface area contributed by atoms with Crippen molar-refractivity contribution in [1.82, 2.24) is 5.43 Å². The van der Waals surface area contributed by atoms with Crippen molar-refractivity contribution in [2.24, 2.45) is 5.10 Å². The molecule has 1 amide bonds. The number of hydrogen-bond donors (Lipinski definition) is 1. The number of ether oxygens (including phenoxy) is 1. The van der Waals surface area contributed by atoms with Crippen molar-refractivity contribution in [1.29, 1.82) is 0 Å². The number of nitrogens with one attached hydrogen (secondary N) is 1. The lowest BCUT2D eigenvalue weighted by Gasteiger charge is -2.17. The Morgan fingerprint density at radius 1 is 1.16 bits per heavy atom. The molecule has 1 aliphatic heterocycles. The SMILES string of the molecule is COc1ccc(/C=N\NC(=O)c2ccc(N3CCCC3)cc2)cc1C. The first kappa shape index (κ1) is 17.0. The van der Waals surface area contributed by atoms with E-state index in [0.717, 1.165) is 30.0 Å². The summed E-state index contributed by atoms with van der Waals surface area (Å²) in [5.74, 6) is 0.619. The Balaban J connectivity index is 1.59. The summed E-state index contributed by atoms with van der Waals surface area (Å²) in [6, 6.07) is 13.4. The first-order valence-corrected chi connectivity index (χ1v) is 8.50. The number of aryl methyl sites for hydroxylation is 1. The van der Waals surface area contributed by atoms with Crippen LogP contribution in [0.25, 0.3) is 0 Å². The van der Waals surface area contributed by atoms with E-state index in [1.54, 1.807) is 13.3 Å². The Hall–Kier alpha value is -2.82.